The van der Waals surface area contributed by atoms with Crippen LogP contribution in [-0.4, -0.2) is 24.8 Å². The van der Waals surface area contributed by atoms with Gasteiger partial charge in [-0.3, -0.25) is 4.98 Å². The zero-order valence-corrected chi connectivity index (χ0v) is 10.1. The number of nitrogens with one attached hydrogen (secondary N) is 1. The third-order valence-corrected chi connectivity index (χ3v) is 2.53. The van der Waals surface area contributed by atoms with Gasteiger partial charge in [-0.15, -0.1) is 0 Å². The lowest BCUT2D eigenvalue weighted by Crippen LogP contribution is -2.19. The topological polar surface area (TPSA) is 60.2 Å². The Morgan fingerprint density at radius 1 is 1.37 bits per heavy atom. The van der Waals surface area contributed by atoms with Crippen molar-refractivity contribution in [2.45, 2.75) is 6.18 Å². The van der Waals surface area contributed by atoms with Gasteiger partial charge in [-0.2, -0.15) is 13.2 Å². The molecule has 7 heteroatoms. The number of benzene rings is 1. The summed E-state index contributed by atoms with van der Waals surface area (Å²) >= 11 is 0. The van der Waals surface area contributed by atoms with Crippen molar-refractivity contribution >= 4 is 22.3 Å². The molecule has 0 aliphatic heterocycles. The van der Waals surface area contributed by atoms with Gasteiger partial charge < -0.3 is 15.8 Å². The fourth-order valence-electron chi connectivity index (χ4n) is 1.77. The normalized spacial score (nSPS) is 11.6. The highest BCUT2D eigenvalue weighted by Gasteiger charge is 2.28. The molecule has 0 aliphatic carbocycles. The number of nitrogens with two attached hydrogens (primary N) is 1. The van der Waals surface area contributed by atoms with Gasteiger partial charge in [0, 0.05) is 12.4 Å². The summed E-state index contributed by atoms with van der Waals surface area (Å²) in [4.78, 5) is 4.03. The second kappa shape index (κ2) is 4.83. The van der Waals surface area contributed by atoms with Crippen LogP contribution in [0.25, 0.3) is 10.9 Å². The summed E-state index contributed by atoms with van der Waals surface area (Å²) in [6.45, 7) is -1.35. The van der Waals surface area contributed by atoms with Gasteiger partial charge >= 0.3 is 6.18 Å². The third kappa shape index (κ3) is 2.81. The van der Waals surface area contributed by atoms with E-state index in [1.165, 1.54) is 12.3 Å². The molecule has 1 heterocycles. The first-order chi connectivity index (χ1) is 8.92. The highest BCUT2D eigenvalue weighted by molar-refractivity contribution is 5.99. The quantitative estimate of drug-likeness (QED) is 0.901. The molecule has 0 saturated heterocycles. The number of pyridine rings is 1. The largest absolute Gasteiger partial charge is 0.482 e. The SMILES string of the molecule is CNc1c(N)cnc2c(OCC(F)(F)F)cccc12. The minimum atomic E-state index is -4.39. The summed E-state index contributed by atoms with van der Waals surface area (Å²) in [6, 6.07) is 4.75. The first kappa shape index (κ1) is 13.3. The molecule has 2 rings (SSSR count). The van der Waals surface area contributed by atoms with Crippen molar-refractivity contribution in [1.82, 2.24) is 4.98 Å². The van der Waals surface area contributed by atoms with E-state index in [1.54, 1.807) is 19.2 Å². The number of rotatable bonds is 3. The molecule has 0 amide bonds. The average molecular weight is 271 g/mol. The summed E-state index contributed by atoms with van der Waals surface area (Å²) in [5.74, 6) is 0.0753. The molecule has 2 aromatic rings. The summed E-state index contributed by atoms with van der Waals surface area (Å²) < 4.78 is 41.3. The minimum absolute atomic E-state index is 0.0753. The van der Waals surface area contributed by atoms with Gasteiger partial charge in [0.1, 0.15) is 11.3 Å². The minimum Gasteiger partial charge on any atom is -0.482 e. The molecule has 0 bridgehead atoms. The maximum atomic E-state index is 12.2. The molecule has 102 valence electrons. The van der Waals surface area contributed by atoms with E-state index in [0.717, 1.165) is 0 Å². The maximum Gasteiger partial charge on any atom is 0.422 e. The van der Waals surface area contributed by atoms with Gasteiger partial charge in [-0.25, -0.2) is 0 Å². The van der Waals surface area contributed by atoms with Gasteiger partial charge in [0.25, 0.3) is 0 Å². The fraction of sp³-hybridized carbons (Fsp3) is 0.250. The van der Waals surface area contributed by atoms with Crippen molar-refractivity contribution in [1.29, 1.82) is 0 Å². The van der Waals surface area contributed by atoms with Crippen LogP contribution in [0, 0.1) is 0 Å². The molecule has 0 unspecified atom stereocenters. The number of hydrogen-bond acceptors (Lipinski definition) is 4. The van der Waals surface area contributed by atoms with Crippen molar-refractivity contribution in [3.8, 4) is 5.75 Å². The van der Waals surface area contributed by atoms with Crippen molar-refractivity contribution in [2.75, 3.05) is 24.7 Å². The predicted octanol–water partition coefficient (Wildman–Crippen LogP) is 2.80. The molecule has 0 fully saturated rings. The van der Waals surface area contributed by atoms with Crippen LogP contribution in [0.1, 0.15) is 0 Å². The van der Waals surface area contributed by atoms with E-state index in [-0.39, 0.29) is 5.75 Å². The van der Waals surface area contributed by atoms with Gasteiger partial charge in [-0.05, 0) is 6.07 Å². The van der Waals surface area contributed by atoms with Crippen LogP contribution in [0.3, 0.4) is 0 Å². The Bertz CT molecular complexity index is 599. The van der Waals surface area contributed by atoms with E-state index in [0.29, 0.717) is 22.3 Å². The fourth-order valence-corrected chi connectivity index (χ4v) is 1.77. The monoisotopic (exact) mass is 271 g/mol. The molecule has 19 heavy (non-hydrogen) atoms. The number of ether oxygens (including phenoxy) is 1. The van der Waals surface area contributed by atoms with Crippen LogP contribution in [0.5, 0.6) is 5.75 Å². The van der Waals surface area contributed by atoms with Crippen LogP contribution in [-0.2, 0) is 0 Å². The standard InChI is InChI=1S/C12H12F3N3O/c1-17-10-7-3-2-4-9(19-6-12(13,14)15)11(7)18-5-8(10)16/h2-5H,6,16H2,1H3,(H,17,18). The van der Waals surface area contributed by atoms with Gasteiger partial charge in [0.2, 0.25) is 0 Å². The zero-order chi connectivity index (χ0) is 14.0. The second-order valence-corrected chi connectivity index (χ2v) is 3.89. The highest BCUT2D eigenvalue weighted by atomic mass is 19.4. The third-order valence-electron chi connectivity index (χ3n) is 2.53. The van der Waals surface area contributed by atoms with E-state index in [2.05, 4.69) is 10.3 Å². The Kier molecular flexibility index (Phi) is 3.37. The molecular formula is C12H12F3N3O. The number of nitrogen functional groups attached to an aromatic ring is 1. The lowest BCUT2D eigenvalue weighted by atomic mass is 10.1. The molecule has 0 aliphatic rings. The lowest BCUT2D eigenvalue weighted by Gasteiger charge is -2.13. The Morgan fingerprint density at radius 3 is 2.74 bits per heavy atom. The van der Waals surface area contributed by atoms with Crippen LogP contribution >= 0.6 is 0 Å². The molecule has 0 atom stereocenters. The Morgan fingerprint density at radius 2 is 2.11 bits per heavy atom. The van der Waals surface area contributed by atoms with Crippen molar-refractivity contribution in [3.63, 3.8) is 0 Å². The van der Waals surface area contributed by atoms with Crippen LogP contribution in [0.4, 0.5) is 24.5 Å². The van der Waals surface area contributed by atoms with E-state index in [4.69, 9.17) is 10.5 Å². The summed E-state index contributed by atoms with van der Waals surface area (Å²) in [6.07, 6.45) is -3.00. The molecule has 4 nitrogen and oxygen atoms in total. The summed E-state index contributed by atoms with van der Waals surface area (Å²) in [5, 5.41) is 3.51. The molecule has 1 aromatic heterocycles. The van der Waals surface area contributed by atoms with E-state index in [9.17, 15) is 13.2 Å². The predicted molar refractivity (Wildman–Crippen MR) is 67.3 cm³/mol. The van der Waals surface area contributed by atoms with Gasteiger partial charge in [0.05, 0.1) is 17.6 Å². The summed E-state index contributed by atoms with van der Waals surface area (Å²) in [7, 11) is 1.67. The van der Waals surface area contributed by atoms with E-state index in [1.807, 2.05) is 0 Å². The highest BCUT2D eigenvalue weighted by Crippen LogP contribution is 2.33. The van der Waals surface area contributed by atoms with E-state index >= 15 is 0 Å². The number of fused-ring (bicyclic) bond motifs is 1. The van der Waals surface area contributed by atoms with Gasteiger partial charge in [0.15, 0.2) is 6.61 Å². The number of alkyl halides is 3. The van der Waals surface area contributed by atoms with Crippen LogP contribution < -0.4 is 15.8 Å². The molecule has 1 aromatic carbocycles. The number of hydrogen-bond donors (Lipinski definition) is 2. The number of nitrogens with zero attached hydrogens (tertiary/aromatic N) is 1. The number of anilines is 2. The van der Waals surface area contributed by atoms with Crippen molar-refractivity contribution < 1.29 is 17.9 Å². The maximum absolute atomic E-state index is 12.2. The van der Waals surface area contributed by atoms with Gasteiger partial charge in [-0.1, -0.05) is 12.1 Å². The number of halogens is 3. The summed E-state index contributed by atoms with van der Waals surface area (Å²) in [5.41, 5.74) is 7.12. The molecule has 3 N–H and O–H groups in total. The number of aromatic nitrogens is 1. The second-order valence-electron chi connectivity index (χ2n) is 3.89. The van der Waals surface area contributed by atoms with Crippen molar-refractivity contribution in [3.05, 3.63) is 24.4 Å². The molecule has 0 spiro atoms. The molecule has 0 saturated carbocycles. The Balaban J connectivity index is 2.46. The zero-order valence-electron chi connectivity index (χ0n) is 10.1. The van der Waals surface area contributed by atoms with Crippen LogP contribution in [0.2, 0.25) is 0 Å². The Labute approximate surface area is 107 Å². The number of para-hydroxylation sites is 1. The van der Waals surface area contributed by atoms with Crippen molar-refractivity contribution in [2.24, 2.45) is 0 Å². The first-order valence-corrected chi connectivity index (χ1v) is 5.47. The Hall–Kier alpha value is -2.18. The molecule has 0 radical (unpaired) electrons. The lowest BCUT2D eigenvalue weighted by molar-refractivity contribution is -0.153. The first-order valence-electron chi connectivity index (χ1n) is 5.47. The molecular weight excluding hydrogens is 259 g/mol. The van der Waals surface area contributed by atoms with Crippen LogP contribution in [0.15, 0.2) is 24.4 Å². The average Bonchev–Trinajstić information content (AvgIpc) is 2.35. The smallest absolute Gasteiger partial charge is 0.422 e. The van der Waals surface area contributed by atoms with E-state index < -0.39 is 12.8 Å².